The Labute approximate surface area is 187 Å². The van der Waals surface area contributed by atoms with Crippen LogP contribution in [-0.2, 0) is 9.59 Å². The van der Waals surface area contributed by atoms with Crippen molar-refractivity contribution in [3.63, 3.8) is 0 Å². The first-order valence-electron chi connectivity index (χ1n) is 10.2. The summed E-state index contributed by atoms with van der Waals surface area (Å²) in [4.78, 5) is 25.0. The number of hydrogen-bond acceptors (Lipinski definition) is 4. The summed E-state index contributed by atoms with van der Waals surface area (Å²) in [6.07, 6.45) is 0. The molecule has 1 aromatic heterocycles. The lowest BCUT2D eigenvalue weighted by molar-refractivity contribution is -0.115. The highest BCUT2D eigenvalue weighted by Gasteiger charge is 2.18. The van der Waals surface area contributed by atoms with Gasteiger partial charge in [-0.15, -0.1) is 11.8 Å². The number of nitrogens with one attached hydrogen (secondary N) is 2. The maximum Gasteiger partial charge on any atom is 0.238 e. The van der Waals surface area contributed by atoms with Gasteiger partial charge in [0.05, 0.1) is 22.4 Å². The molecule has 1 atom stereocenters. The van der Waals surface area contributed by atoms with E-state index < -0.39 is 5.25 Å². The van der Waals surface area contributed by atoms with Gasteiger partial charge in [-0.3, -0.25) is 9.59 Å². The second-order valence-electron chi connectivity index (χ2n) is 7.79. The van der Waals surface area contributed by atoms with E-state index in [0.29, 0.717) is 5.82 Å². The smallest absolute Gasteiger partial charge is 0.238 e. The van der Waals surface area contributed by atoms with Crippen LogP contribution in [0.15, 0.2) is 48.5 Å². The van der Waals surface area contributed by atoms with Gasteiger partial charge < -0.3 is 10.6 Å². The van der Waals surface area contributed by atoms with Crippen LogP contribution in [0.3, 0.4) is 0 Å². The monoisotopic (exact) mass is 436 g/mol. The Morgan fingerprint density at radius 2 is 1.58 bits per heavy atom. The summed E-state index contributed by atoms with van der Waals surface area (Å²) in [6.45, 7) is 9.75. The molecular formula is C24H28N4O2S. The van der Waals surface area contributed by atoms with Crippen molar-refractivity contribution in [3.05, 3.63) is 70.9 Å². The number of rotatable bonds is 7. The van der Waals surface area contributed by atoms with E-state index in [1.54, 1.807) is 11.6 Å². The van der Waals surface area contributed by atoms with Gasteiger partial charge >= 0.3 is 0 Å². The minimum Gasteiger partial charge on any atom is -0.325 e. The van der Waals surface area contributed by atoms with Gasteiger partial charge in [0.2, 0.25) is 11.8 Å². The Morgan fingerprint density at radius 1 is 0.935 bits per heavy atom. The lowest BCUT2D eigenvalue weighted by Gasteiger charge is -2.14. The molecular weight excluding hydrogens is 408 g/mol. The fraction of sp³-hybridized carbons (Fsp3) is 0.292. The van der Waals surface area contributed by atoms with Crippen LogP contribution in [0.5, 0.6) is 0 Å². The van der Waals surface area contributed by atoms with Crippen molar-refractivity contribution in [2.75, 3.05) is 16.4 Å². The van der Waals surface area contributed by atoms with Crippen molar-refractivity contribution < 1.29 is 9.59 Å². The Morgan fingerprint density at radius 3 is 2.23 bits per heavy atom. The molecule has 0 bridgehead atoms. The molecule has 0 radical (unpaired) electrons. The van der Waals surface area contributed by atoms with E-state index in [-0.39, 0.29) is 17.6 Å². The van der Waals surface area contributed by atoms with Gasteiger partial charge in [0.25, 0.3) is 0 Å². The van der Waals surface area contributed by atoms with Gasteiger partial charge in [0.15, 0.2) is 0 Å². The van der Waals surface area contributed by atoms with Crippen molar-refractivity contribution >= 4 is 35.1 Å². The summed E-state index contributed by atoms with van der Waals surface area (Å²) < 4.78 is 1.74. The summed E-state index contributed by atoms with van der Waals surface area (Å²) in [6, 6.07) is 15.6. The normalized spacial score (nSPS) is 11.8. The van der Waals surface area contributed by atoms with Crippen molar-refractivity contribution in [3.8, 4) is 5.69 Å². The molecule has 162 valence electrons. The molecule has 0 spiro atoms. The Balaban J connectivity index is 1.61. The third-order valence-electron chi connectivity index (χ3n) is 4.70. The number of carbonyl (C=O) groups is 2. The Kier molecular flexibility index (Phi) is 7.17. The van der Waals surface area contributed by atoms with Crippen LogP contribution in [0.1, 0.15) is 29.3 Å². The van der Waals surface area contributed by atoms with E-state index in [1.165, 1.54) is 11.8 Å². The number of aromatic nitrogens is 2. The molecule has 2 N–H and O–H groups in total. The first-order valence-corrected chi connectivity index (χ1v) is 11.2. The third-order valence-corrected chi connectivity index (χ3v) is 5.85. The Hall–Kier alpha value is -3.06. The predicted octanol–water partition coefficient (Wildman–Crippen LogP) is 4.80. The number of carbonyl (C=O) groups excluding carboxylic acids is 2. The molecule has 3 aromatic rings. The number of benzene rings is 2. The zero-order valence-electron chi connectivity index (χ0n) is 18.5. The molecule has 0 aliphatic rings. The lowest BCUT2D eigenvalue weighted by Crippen LogP contribution is -2.26. The number of aryl methyl sites for hydroxylation is 4. The minimum atomic E-state index is -0.397. The summed E-state index contributed by atoms with van der Waals surface area (Å²) in [5.41, 5.74) is 5.85. The first-order chi connectivity index (χ1) is 14.7. The molecule has 7 heteroatoms. The average Bonchev–Trinajstić information content (AvgIpc) is 3.07. The second-order valence-corrected chi connectivity index (χ2v) is 9.11. The molecule has 0 aliphatic heterocycles. The maximum absolute atomic E-state index is 12.7. The zero-order chi connectivity index (χ0) is 22.5. The van der Waals surface area contributed by atoms with Gasteiger partial charge in [-0.25, -0.2) is 4.68 Å². The molecule has 3 rings (SSSR count). The summed E-state index contributed by atoms with van der Waals surface area (Å²) in [5.74, 6) is 0.505. The van der Waals surface area contributed by atoms with E-state index in [2.05, 4.69) is 21.8 Å². The second kappa shape index (κ2) is 9.83. The van der Waals surface area contributed by atoms with Crippen molar-refractivity contribution in [1.29, 1.82) is 0 Å². The van der Waals surface area contributed by atoms with Crippen molar-refractivity contribution in [1.82, 2.24) is 9.78 Å². The molecule has 0 aliphatic carbocycles. The number of thioether (sulfide) groups is 1. The van der Waals surface area contributed by atoms with Gasteiger partial charge in [-0.1, -0.05) is 23.8 Å². The van der Waals surface area contributed by atoms with Crippen LogP contribution in [0.2, 0.25) is 0 Å². The van der Waals surface area contributed by atoms with Gasteiger partial charge in [-0.05, 0) is 70.0 Å². The van der Waals surface area contributed by atoms with Crippen LogP contribution in [0, 0.1) is 27.7 Å². The van der Waals surface area contributed by atoms with Crippen LogP contribution in [0.4, 0.5) is 11.5 Å². The zero-order valence-corrected chi connectivity index (χ0v) is 19.3. The first kappa shape index (κ1) is 22.6. The SMILES string of the molecule is Cc1ccc(NC(=O)CSC(C)C(=O)Nc2cc(C)nn2-c2cc(C)cc(C)c2)cc1. The highest BCUT2D eigenvalue weighted by molar-refractivity contribution is 8.01. The van der Waals surface area contributed by atoms with Crippen LogP contribution >= 0.6 is 11.8 Å². The number of hydrogen-bond donors (Lipinski definition) is 2. The van der Waals surface area contributed by atoms with Crippen molar-refractivity contribution in [2.45, 2.75) is 39.9 Å². The molecule has 2 amide bonds. The standard InChI is InChI=1S/C24H28N4O2S/c1-15-6-8-20(9-7-15)25-23(29)14-31-19(5)24(30)26-22-13-18(4)27-28(22)21-11-16(2)10-17(3)12-21/h6-13,19H,14H2,1-5H3,(H,25,29)(H,26,30). The van der Waals surface area contributed by atoms with Crippen molar-refractivity contribution in [2.24, 2.45) is 0 Å². The quantitative estimate of drug-likeness (QED) is 0.558. The number of nitrogens with zero attached hydrogens (tertiary/aromatic N) is 2. The predicted molar refractivity (Wildman–Crippen MR) is 128 cm³/mol. The third kappa shape index (κ3) is 6.21. The summed E-state index contributed by atoms with van der Waals surface area (Å²) in [5, 5.41) is 9.95. The fourth-order valence-electron chi connectivity index (χ4n) is 3.20. The molecule has 0 saturated heterocycles. The highest BCUT2D eigenvalue weighted by atomic mass is 32.2. The van der Waals surface area contributed by atoms with E-state index >= 15 is 0 Å². The van der Waals surface area contributed by atoms with E-state index in [4.69, 9.17) is 0 Å². The fourth-order valence-corrected chi connectivity index (χ4v) is 3.88. The molecule has 0 saturated carbocycles. The van der Waals surface area contributed by atoms with E-state index in [9.17, 15) is 9.59 Å². The highest BCUT2D eigenvalue weighted by Crippen LogP contribution is 2.21. The summed E-state index contributed by atoms with van der Waals surface area (Å²) >= 11 is 1.29. The van der Waals surface area contributed by atoms with Gasteiger partial charge in [0, 0.05) is 11.8 Å². The van der Waals surface area contributed by atoms with Gasteiger partial charge in [-0.2, -0.15) is 5.10 Å². The van der Waals surface area contributed by atoms with E-state index in [1.807, 2.05) is 70.2 Å². The Bertz CT molecular complexity index is 1070. The van der Waals surface area contributed by atoms with Crippen LogP contribution in [-0.4, -0.2) is 32.6 Å². The molecule has 31 heavy (non-hydrogen) atoms. The number of amides is 2. The molecule has 1 unspecified atom stereocenters. The molecule has 2 aromatic carbocycles. The largest absolute Gasteiger partial charge is 0.325 e. The van der Waals surface area contributed by atoms with Gasteiger partial charge in [0.1, 0.15) is 5.82 Å². The van der Waals surface area contributed by atoms with E-state index in [0.717, 1.165) is 33.8 Å². The topological polar surface area (TPSA) is 76.0 Å². The molecule has 6 nitrogen and oxygen atoms in total. The minimum absolute atomic E-state index is 0.135. The average molecular weight is 437 g/mol. The molecule has 0 fully saturated rings. The summed E-state index contributed by atoms with van der Waals surface area (Å²) in [7, 11) is 0. The van der Waals surface area contributed by atoms with Crippen LogP contribution in [0.25, 0.3) is 5.69 Å². The number of anilines is 2. The van der Waals surface area contributed by atoms with Crippen LogP contribution < -0.4 is 10.6 Å². The molecule has 1 heterocycles. The lowest BCUT2D eigenvalue weighted by atomic mass is 10.1. The maximum atomic E-state index is 12.7.